The molecule has 0 fully saturated rings. The van der Waals surface area contributed by atoms with Crippen LogP contribution in [0.3, 0.4) is 0 Å². The number of nitriles is 1. The van der Waals surface area contributed by atoms with E-state index in [9.17, 15) is 14.9 Å². The van der Waals surface area contributed by atoms with Crippen LogP contribution in [-0.2, 0) is 4.79 Å². The van der Waals surface area contributed by atoms with E-state index in [1.54, 1.807) is 42.5 Å². The van der Waals surface area contributed by atoms with Crippen LogP contribution in [0, 0.1) is 11.3 Å². The van der Waals surface area contributed by atoms with Crippen LogP contribution in [0.15, 0.2) is 66.2 Å². The van der Waals surface area contributed by atoms with Gasteiger partial charge in [-0.3, -0.25) is 4.79 Å². The molecule has 0 unspecified atom stereocenters. The van der Waals surface area contributed by atoms with Crippen molar-refractivity contribution in [1.82, 2.24) is 0 Å². The second-order valence-electron chi connectivity index (χ2n) is 6.78. The highest BCUT2D eigenvalue weighted by molar-refractivity contribution is 6.42. The molecule has 0 aliphatic heterocycles. The van der Waals surface area contributed by atoms with Crippen LogP contribution < -0.4 is 19.5 Å². The van der Waals surface area contributed by atoms with Gasteiger partial charge < -0.3 is 19.5 Å². The van der Waals surface area contributed by atoms with E-state index in [-0.39, 0.29) is 16.3 Å². The van der Waals surface area contributed by atoms with Gasteiger partial charge in [-0.25, -0.2) is 4.79 Å². The Morgan fingerprint density at radius 1 is 0.912 bits per heavy atom. The van der Waals surface area contributed by atoms with Gasteiger partial charge in [0, 0.05) is 5.69 Å². The lowest BCUT2D eigenvalue weighted by atomic mass is 10.1. The molecule has 3 aromatic rings. The molecular formula is C25H18Cl2N2O5. The van der Waals surface area contributed by atoms with Gasteiger partial charge in [-0.15, -0.1) is 0 Å². The highest BCUT2D eigenvalue weighted by atomic mass is 35.5. The van der Waals surface area contributed by atoms with Gasteiger partial charge in [0.2, 0.25) is 0 Å². The number of rotatable bonds is 7. The number of nitrogens with zero attached hydrogens (tertiary/aromatic N) is 1. The third-order valence-corrected chi connectivity index (χ3v) is 5.31. The molecule has 3 rings (SSSR count). The maximum atomic E-state index is 12.6. The van der Waals surface area contributed by atoms with Gasteiger partial charge in [-0.1, -0.05) is 29.3 Å². The van der Waals surface area contributed by atoms with Crippen molar-refractivity contribution < 1.29 is 23.8 Å². The number of hydrogen-bond donors (Lipinski definition) is 1. The summed E-state index contributed by atoms with van der Waals surface area (Å²) in [6.07, 6.45) is 1.36. The molecule has 0 aromatic heterocycles. The molecule has 0 radical (unpaired) electrons. The fourth-order valence-electron chi connectivity index (χ4n) is 2.84. The Morgan fingerprint density at radius 2 is 1.65 bits per heavy atom. The number of nitrogens with one attached hydrogen (secondary N) is 1. The molecule has 34 heavy (non-hydrogen) atoms. The summed E-state index contributed by atoms with van der Waals surface area (Å²) >= 11 is 11.8. The van der Waals surface area contributed by atoms with Crippen LogP contribution in [0.1, 0.15) is 15.9 Å². The minimum atomic E-state index is -0.645. The third kappa shape index (κ3) is 6.07. The van der Waals surface area contributed by atoms with E-state index < -0.39 is 11.9 Å². The lowest BCUT2D eigenvalue weighted by molar-refractivity contribution is -0.112. The highest BCUT2D eigenvalue weighted by Crippen LogP contribution is 2.30. The monoisotopic (exact) mass is 496 g/mol. The molecule has 1 amide bonds. The minimum absolute atomic E-state index is 0.124. The summed E-state index contributed by atoms with van der Waals surface area (Å²) in [4.78, 5) is 25.1. The van der Waals surface area contributed by atoms with E-state index in [1.165, 1.54) is 38.5 Å². The number of carbonyl (C=O) groups is 2. The Hall–Kier alpha value is -3.99. The molecule has 0 saturated heterocycles. The van der Waals surface area contributed by atoms with E-state index in [2.05, 4.69) is 5.32 Å². The first-order valence-electron chi connectivity index (χ1n) is 9.77. The maximum absolute atomic E-state index is 12.6. The fourth-order valence-corrected chi connectivity index (χ4v) is 3.13. The van der Waals surface area contributed by atoms with Crippen molar-refractivity contribution in [1.29, 1.82) is 5.26 Å². The molecule has 1 N–H and O–H groups in total. The number of amides is 1. The maximum Gasteiger partial charge on any atom is 0.343 e. The summed E-state index contributed by atoms with van der Waals surface area (Å²) in [5.41, 5.74) is 0.953. The molecule has 0 spiro atoms. The van der Waals surface area contributed by atoms with Crippen molar-refractivity contribution in [2.24, 2.45) is 0 Å². The predicted molar refractivity (Wildman–Crippen MR) is 130 cm³/mol. The van der Waals surface area contributed by atoms with E-state index in [1.807, 2.05) is 6.07 Å². The summed E-state index contributed by atoms with van der Waals surface area (Å²) in [5.74, 6) is -0.227. The van der Waals surface area contributed by atoms with E-state index in [4.69, 9.17) is 37.4 Å². The summed E-state index contributed by atoms with van der Waals surface area (Å²) in [5, 5.41) is 12.7. The number of halogens is 2. The molecule has 7 nitrogen and oxygen atoms in total. The molecule has 3 aromatic carbocycles. The van der Waals surface area contributed by atoms with Crippen LogP contribution >= 0.6 is 23.2 Å². The van der Waals surface area contributed by atoms with Crippen molar-refractivity contribution >= 4 is 46.8 Å². The van der Waals surface area contributed by atoms with E-state index in [0.717, 1.165) is 0 Å². The smallest absolute Gasteiger partial charge is 0.343 e. The summed E-state index contributed by atoms with van der Waals surface area (Å²) in [6, 6.07) is 17.5. The molecule has 0 heterocycles. The lowest BCUT2D eigenvalue weighted by Gasteiger charge is -2.11. The van der Waals surface area contributed by atoms with Crippen LogP contribution in [0.5, 0.6) is 17.2 Å². The SMILES string of the molecule is COc1ccc(C(=O)Oc2cc(/C=C(\C#N)C(=O)Nc3ccc(Cl)c(Cl)c3)ccc2OC)cc1. The fraction of sp³-hybridized carbons (Fsp3) is 0.0800. The van der Waals surface area contributed by atoms with Crippen LogP contribution in [0.2, 0.25) is 10.0 Å². The van der Waals surface area contributed by atoms with Gasteiger partial charge in [-0.05, 0) is 66.2 Å². The second-order valence-corrected chi connectivity index (χ2v) is 7.60. The molecule has 0 aliphatic rings. The Labute approximate surface area is 206 Å². The number of hydrogen-bond acceptors (Lipinski definition) is 6. The zero-order chi connectivity index (χ0) is 24.7. The first-order valence-corrected chi connectivity index (χ1v) is 10.5. The summed E-state index contributed by atoms with van der Waals surface area (Å²) in [7, 11) is 2.96. The lowest BCUT2D eigenvalue weighted by Crippen LogP contribution is -2.13. The van der Waals surface area contributed by atoms with Gasteiger partial charge in [-0.2, -0.15) is 5.26 Å². The molecule has 0 atom stereocenters. The van der Waals surface area contributed by atoms with Crippen LogP contribution in [-0.4, -0.2) is 26.1 Å². The Morgan fingerprint density at radius 3 is 2.26 bits per heavy atom. The van der Waals surface area contributed by atoms with Crippen molar-refractivity contribution in [3.63, 3.8) is 0 Å². The average molecular weight is 497 g/mol. The van der Waals surface area contributed by atoms with Crippen molar-refractivity contribution in [3.05, 3.63) is 87.4 Å². The molecular weight excluding hydrogens is 479 g/mol. The standard InChI is InChI=1S/C25H18Cl2N2O5/c1-32-19-7-4-16(5-8-19)25(31)34-23-12-15(3-10-22(23)33-2)11-17(14-28)24(30)29-18-6-9-20(26)21(27)13-18/h3-13H,1-2H3,(H,29,30)/b17-11+. The van der Waals surface area contributed by atoms with Gasteiger partial charge in [0.15, 0.2) is 11.5 Å². The third-order valence-electron chi connectivity index (χ3n) is 4.57. The van der Waals surface area contributed by atoms with Gasteiger partial charge in [0.05, 0.1) is 29.8 Å². The molecule has 9 heteroatoms. The van der Waals surface area contributed by atoms with Gasteiger partial charge in [0.25, 0.3) is 5.91 Å². The Balaban J connectivity index is 1.83. The number of methoxy groups -OCH3 is 2. The minimum Gasteiger partial charge on any atom is -0.497 e. The van der Waals surface area contributed by atoms with E-state index >= 15 is 0 Å². The van der Waals surface area contributed by atoms with Crippen LogP contribution in [0.25, 0.3) is 6.08 Å². The quantitative estimate of drug-likeness (QED) is 0.193. The summed E-state index contributed by atoms with van der Waals surface area (Å²) < 4.78 is 15.8. The number of anilines is 1. The first-order chi connectivity index (χ1) is 16.3. The van der Waals surface area contributed by atoms with Gasteiger partial charge >= 0.3 is 5.97 Å². The molecule has 172 valence electrons. The number of ether oxygens (including phenoxy) is 3. The van der Waals surface area contributed by atoms with Crippen molar-refractivity contribution in [2.45, 2.75) is 0 Å². The topological polar surface area (TPSA) is 97.7 Å². The zero-order valence-electron chi connectivity index (χ0n) is 18.1. The first kappa shape index (κ1) is 24.6. The largest absolute Gasteiger partial charge is 0.497 e. The van der Waals surface area contributed by atoms with Gasteiger partial charge in [0.1, 0.15) is 17.4 Å². The zero-order valence-corrected chi connectivity index (χ0v) is 19.6. The van der Waals surface area contributed by atoms with Crippen molar-refractivity contribution in [3.8, 4) is 23.3 Å². The predicted octanol–water partition coefficient (Wildman–Crippen LogP) is 5.78. The van der Waals surface area contributed by atoms with Crippen molar-refractivity contribution in [2.75, 3.05) is 19.5 Å². The second kappa shape index (κ2) is 11.2. The summed E-state index contributed by atoms with van der Waals surface area (Å²) in [6.45, 7) is 0. The van der Waals surface area contributed by atoms with E-state index in [0.29, 0.717) is 33.3 Å². The molecule has 0 aliphatic carbocycles. The molecule has 0 saturated carbocycles. The number of benzene rings is 3. The average Bonchev–Trinajstić information content (AvgIpc) is 2.84. The Bertz CT molecular complexity index is 1300. The number of esters is 1. The van der Waals surface area contributed by atoms with Crippen LogP contribution in [0.4, 0.5) is 5.69 Å². The normalized spacial score (nSPS) is 10.7. The molecule has 0 bridgehead atoms. The highest BCUT2D eigenvalue weighted by Gasteiger charge is 2.15. The number of carbonyl (C=O) groups excluding carboxylic acids is 2. The Kier molecular flexibility index (Phi) is 8.14.